The fourth-order valence-corrected chi connectivity index (χ4v) is 2.39. The van der Waals surface area contributed by atoms with Crippen LogP contribution < -0.4 is 4.74 Å². The Balaban J connectivity index is 2.73. The molecule has 2 rings (SSSR count). The second-order valence-electron chi connectivity index (χ2n) is 2.83. The van der Waals surface area contributed by atoms with E-state index in [1.165, 1.54) is 0 Å². The van der Waals surface area contributed by atoms with Gasteiger partial charge >= 0.3 is 0 Å². The fourth-order valence-electron chi connectivity index (χ4n) is 1.18. The first-order chi connectivity index (χ1) is 5.59. The number of sulfone groups is 1. The highest BCUT2D eigenvalue weighted by Crippen LogP contribution is 2.31. The van der Waals surface area contributed by atoms with E-state index in [1.807, 2.05) is 13.0 Å². The van der Waals surface area contributed by atoms with Gasteiger partial charge in [0.15, 0.2) is 5.94 Å². The van der Waals surface area contributed by atoms with Crippen LogP contribution in [0, 0.1) is 6.92 Å². The first-order valence-corrected chi connectivity index (χ1v) is 5.21. The van der Waals surface area contributed by atoms with Crippen LogP contribution in [0.15, 0.2) is 23.1 Å². The zero-order valence-electron chi connectivity index (χ0n) is 6.57. The van der Waals surface area contributed by atoms with Crippen molar-refractivity contribution in [2.45, 2.75) is 11.8 Å². The predicted octanol–water partition coefficient (Wildman–Crippen LogP) is 1.12. The van der Waals surface area contributed by atoms with Crippen molar-refractivity contribution in [2.24, 2.45) is 0 Å². The summed E-state index contributed by atoms with van der Waals surface area (Å²) in [5, 5.41) is 0. The van der Waals surface area contributed by atoms with Crippen molar-refractivity contribution in [3.63, 3.8) is 0 Å². The van der Waals surface area contributed by atoms with E-state index in [1.54, 1.807) is 12.1 Å². The topological polar surface area (TPSA) is 43.4 Å². The number of hydrogen-bond donors (Lipinski definition) is 0. The summed E-state index contributed by atoms with van der Waals surface area (Å²) in [6, 6.07) is 5.16. The molecule has 0 amide bonds. The lowest BCUT2D eigenvalue weighted by Crippen LogP contribution is -2.01. The molecule has 0 fully saturated rings. The molecule has 0 bridgehead atoms. The second kappa shape index (κ2) is 2.23. The molecule has 3 nitrogen and oxygen atoms in total. The van der Waals surface area contributed by atoms with E-state index in [0.717, 1.165) is 5.56 Å². The van der Waals surface area contributed by atoms with E-state index in [-0.39, 0.29) is 5.94 Å². The van der Waals surface area contributed by atoms with Gasteiger partial charge in [-0.25, -0.2) is 8.42 Å². The van der Waals surface area contributed by atoms with Crippen molar-refractivity contribution < 1.29 is 13.2 Å². The number of aryl methyl sites for hydroxylation is 1. The Morgan fingerprint density at radius 2 is 2.17 bits per heavy atom. The summed E-state index contributed by atoms with van der Waals surface area (Å²) in [6.07, 6.45) is 0. The van der Waals surface area contributed by atoms with Crippen LogP contribution in [0.5, 0.6) is 5.75 Å². The molecule has 0 saturated heterocycles. The Morgan fingerprint density at radius 1 is 1.42 bits per heavy atom. The lowest BCUT2D eigenvalue weighted by atomic mass is 10.2. The van der Waals surface area contributed by atoms with Crippen LogP contribution in [0.1, 0.15) is 5.56 Å². The van der Waals surface area contributed by atoms with Crippen molar-refractivity contribution in [3.8, 4) is 5.75 Å². The quantitative estimate of drug-likeness (QED) is 0.606. The van der Waals surface area contributed by atoms with E-state index in [0.29, 0.717) is 10.6 Å². The average Bonchev–Trinajstić information content (AvgIpc) is 2.28. The first-order valence-electron chi connectivity index (χ1n) is 3.56. The van der Waals surface area contributed by atoms with Gasteiger partial charge in [-0.2, -0.15) is 0 Å². The monoisotopic (exact) mass is 184 g/mol. The van der Waals surface area contributed by atoms with Crippen LogP contribution in [0.4, 0.5) is 0 Å². The summed E-state index contributed by atoms with van der Waals surface area (Å²) < 4.78 is 27.5. The molecule has 4 heteroatoms. The molecule has 0 radical (unpaired) electrons. The van der Waals surface area contributed by atoms with E-state index in [9.17, 15) is 8.42 Å². The molecule has 0 aromatic heterocycles. The summed E-state index contributed by atoms with van der Waals surface area (Å²) in [5.41, 5.74) is 0.933. The van der Waals surface area contributed by atoms with Crippen LogP contribution in [-0.2, 0) is 9.84 Å². The standard InChI is InChI=1S/C8H8O3S/c1-6-2-3-7-8(4-6)12(9,10)5-11-7/h2-4H,5H2,1H3. The van der Waals surface area contributed by atoms with Crippen molar-refractivity contribution in [1.29, 1.82) is 0 Å². The summed E-state index contributed by atoms with van der Waals surface area (Å²) in [6.45, 7) is 1.86. The van der Waals surface area contributed by atoms with Gasteiger partial charge in [-0.3, -0.25) is 0 Å². The Kier molecular flexibility index (Phi) is 1.41. The minimum atomic E-state index is -3.15. The van der Waals surface area contributed by atoms with Gasteiger partial charge in [-0.05, 0) is 24.6 Å². The fraction of sp³-hybridized carbons (Fsp3) is 0.250. The number of fused-ring (bicyclic) bond motifs is 1. The van der Waals surface area contributed by atoms with Gasteiger partial charge in [0.1, 0.15) is 10.6 Å². The first kappa shape index (κ1) is 7.61. The molecule has 0 saturated carbocycles. The maximum atomic E-state index is 11.3. The molecule has 0 atom stereocenters. The maximum absolute atomic E-state index is 11.3. The molecular weight excluding hydrogens is 176 g/mol. The number of benzene rings is 1. The molecule has 1 aliphatic heterocycles. The summed E-state index contributed by atoms with van der Waals surface area (Å²) in [7, 11) is -3.15. The molecule has 0 aliphatic carbocycles. The van der Waals surface area contributed by atoms with Crippen molar-refractivity contribution in [2.75, 3.05) is 5.94 Å². The third-order valence-corrected chi connectivity index (χ3v) is 3.22. The SMILES string of the molecule is Cc1ccc2c(c1)S(=O)(=O)CO2. The van der Waals surface area contributed by atoms with Crippen LogP contribution in [-0.4, -0.2) is 14.4 Å². The molecule has 12 heavy (non-hydrogen) atoms. The van der Waals surface area contributed by atoms with Crippen LogP contribution in [0.3, 0.4) is 0 Å². The van der Waals surface area contributed by atoms with Gasteiger partial charge < -0.3 is 4.74 Å². The molecular formula is C8H8O3S. The number of hydrogen-bond acceptors (Lipinski definition) is 3. The van der Waals surface area contributed by atoms with E-state index >= 15 is 0 Å². The van der Waals surface area contributed by atoms with Gasteiger partial charge in [-0.1, -0.05) is 6.07 Å². The predicted molar refractivity (Wildman–Crippen MR) is 43.9 cm³/mol. The normalized spacial score (nSPS) is 18.4. The average molecular weight is 184 g/mol. The van der Waals surface area contributed by atoms with Gasteiger partial charge in [0.05, 0.1) is 0 Å². The van der Waals surface area contributed by atoms with Crippen LogP contribution in [0.25, 0.3) is 0 Å². The maximum Gasteiger partial charge on any atom is 0.216 e. The van der Waals surface area contributed by atoms with Gasteiger partial charge in [0.25, 0.3) is 0 Å². The molecule has 64 valence electrons. The number of ether oxygens (including phenoxy) is 1. The van der Waals surface area contributed by atoms with Crippen molar-refractivity contribution in [1.82, 2.24) is 0 Å². The Labute approximate surface area is 70.9 Å². The lowest BCUT2D eigenvalue weighted by molar-refractivity contribution is 0.389. The van der Waals surface area contributed by atoms with Gasteiger partial charge in [-0.15, -0.1) is 0 Å². The van der Waals surface area contributed by atoms with E-state index < -0.39 is 9.84 Å². The van der Waals surface area contributed by atoms with Crippen LogP contribution in [0.2, 0.25) is 0 Å². The van der Waals surface area contributed by atoms with Crippen molar-refractivity contribution >= 4 is 9.84 Å². The van der Waals surface area contributed by atoms with E-state index in [2.05, 4.69) is 0 Å². The highest BCUT2D eigenvalue weighted by molar-refractivity contribution is 7.91. The zero-order chi connectivity index (χ0) is 8.77. The summed E-state index contributed by atoms with van der Waals surface area (Å²) >= 11 is 0. The summed E-state index contributed by atoms with van der Waals surface area (Å²) in [4.78, 5) is 0.322. The molecule has 1 heterocycles. The zero-order valence-corrected chi connectivity index (χ0v) is 7.39. The van der Waals surface area contributed by atoms with Crippen molar-refractivity contribution in [3.05, 3.63) is 23.8 Å². The van der Waals surface area contributed by atoms with Crippen LogP contribution >= 0.6 is 0 Å². The smallest absolute Gasteiger partial charge is 0.216 e. The van der Waals surface area contributed by atoms with Gasteiger partial charge in [0.2, 0.25) is 9.84 Å². The minimum Gasteiger partial charge on any atom is -0.476 e. The highest BCUT2D eigenvalue weighted by Gasteiger charge is 2.27. The third kappa shape index (κ3) is 0.992. The lowest BCUT2D eigenvalue weighted by Gasteiger charge is -1.95. The third-order valence-electron chi connectivity index (χ3n) is 1.80. The largest absolute Gasteiger partial charge is 0.476 e. The van der Waals surface area contributed by atoms with E-state index in [4.69, 9.17) is 4.74 Å². The molecule has 0 N–H and O–H groups in total. The Morgan fingerprint density at radius 3 is 2.92 bits per heavy atom. The second-order valence-corrected chi connectivity index (χ2v) is 4.73. The summed E-state index contributed by atoms with van der Waals surface area (Å²) in [5.74, 6) is 0.256. The Hall–Kier alpha value is -1.03. The molecule has 1 aromatic rings. The molecule has 1 aliphatic rings. The minimum absolute atomic E-state index is 0.216. The molecule has 1 aromatic carbocycles. The highest BCUT2D eigenvalue weighted by atomic mass is 32.2. The molecule has 0 spiro atoms. The Bertz CT molecular complexity index is 420. The number of rotatable bonds is 0. The van der Waals surface area contributed by atoms with Gasteiger partial charge in [0, 0.05) is 0 Å². The molecule has 0 unspecified atom stereocenters.